The maximum Gasteiger partial charge on any atom is 0.224 e. The van der Waals surface area contributed by atoms with Crippen molar-refractivity contribution >= 4 is 17.9 Å². The summed E-state index contributed by atoms with van der Waals surface area (Å²) in [6.45, 7) is 0. The van der Waals surface area contributed by atoms with E-state index in [4.69, 9.17) is 4.42 Å². The van der Waals surface area contributed by atoms with Crippen LogP contribution >= 0.6 is 0 Å². The third kappa shape index (κ3) is 1.72. The summed E-state index contributed by atoms with van der Waals surface area (Å²) in [7, 11) is 0. The predicted molar refractivity (Wildman–Crippen MR) is 66.5 cm³/mol. The second-order valence-corrected chi connectivity index (χ2v) is 4.20. The van der Waals surface area contributed by atoms with Crippen molar-refractivity contribution in [3.63, 3.8) is 0 Å². The molecular formula is C14H11NO3. The summed E-state index contributed by atoms with van der Waals surface area (Å²) in [6.07, 6.45) is 1.85. The van der Waals surface area contributed by atoms with E-state index in [9.17, 15) is 9.59 Å². The van der Waals surface area contributed by atoms with E-state index in [2.05, 4.69) is 5.32 Å². The third-order valence-corrected chi connectivity index (χ3v) is 3.06. The van der Waals surface area contributed by atoms with Gasteiger partial charge in [0.15, 0.2) is 12.0 Å². The fourth-order valence-electron chi connectivity index (χ4n) is 2.22. The van der Waals surface area contributed by atoms with E-state index >= 15 is 0 Å². The average Bonchev–Trinajstić information content (AvgIpc) is 2.86. The van der Waals surface area contributed by atoms with Crippen LogP contribution in [0, 0.1) is 0 Å². The number of benzene rings is 1. The topological polar surface area (TPSA) is 59.3 Å². The lowest BCUT2D eigenvalue weighted by atomic mass is 9.96. The maximum atomic E-state index is 11.3. The summed E-state index contributed by atoms with van der Waals surface area (Å²) in [5.41, 5.74) is 2.82. The zero-order valence-corrected chi connectivity index (χ0v) is 9.60. The zero-order valence-electron chi connectivity index (χ0n) is 9.60. The van der Waals surface area contributed by atoms with Gasteiger partial charge in [-0.1, -0.05) is 12.1 Å². The predicted octanol–water partition coefficient (Wildman–Crippen LogP) is 2.64. The quantitative estimate of drug-likeness (QED) is 0.822. The Balaban J connectivity index is 2.10. The highest BCUT2D eigenvalue weighted by Gasteiger charge is 2.19. The van der Waals surface area contributed by atoms with Gasteiger partial charge in [0.2, 0.25) is 5.91 Å². The summed E-state index contributed by atoms with van der Waals surface area (Å²) < 4.78 is 5.43. The molecule has 1 aromatic heterocycles. The lowest BCUT2D eigenvalue weighted by Gasteiger charge is -2.18. The molecule has 0 bridgehead atoms. The van der Waals surface area contributed by atoms with Crippen molar-refractivity contribution in [2.24, 2.45) is 0 Å². The molecule has 90 valence electrons. The molecule has 0 fully saturated rings. The molecule has 3 rings (SSSR count). The Hall–Kier alpha value is -2.36. The Morgan fingerprint density at radius 3 is 2.83 bits per heavy atom. The zero-order chi connectivity index (χ0) is 12.5. The van der Waals surface area contributed by atoms with Crippen LogP contribution < -0.4 is 5.32 Å². The SMILES string of the molecule is O=Cc1ccc(-c2cccc3c2CCC(=O)N3)o1. The van der Waals surface area contributed by atoms with Crippen molar-refractivity contribution in [3.05, 3.63) is 41.7 Å². The molecular weight excluding hydrogens is 230 g/mol. The number of anilines is 1. The Bertz CT molecular complexity index is 628. The van der Waals surface area contributed by atoms with Crippen molar-refractivity contribution in [1.82, 2.24) is 0 Å². The Labute approximate surface area is 104 Å². The molecule has 2 aromatic rings. The van der Waals surface area contributed by atoms with Gasteiger partial charge in [0.05, 0.1) is 0 Å². The van der Waals surface area contributed by atoms with Crippen LogP contribution in [0.2, 0.25) is 0 Å². The molecule has 0 aliphatic carbocycles. The largest absolute Gasteiger partial charge is 0.453 e. The maximum absolute atomic E-state index is 11.3. The van der Waals surface area contributed by atoms with Gasteiger partial charge in [-0.2, -0.15) is 0 Å². The van der Waals surface area contributed by atoms with Crippen LogP contribution in [0.25, 0.3) is 11.3 Å². The molecule has 0 radical (unpaired) electrons. The Kier molecular flexibility index (Phi) is 2.48. The monoisotopic (exact) mass is 241 g/mol. The summed E-state index contributed by atoms with van der Waals surface area (Å²) >= 11 is 0. The molecule has 1 aliphatic rings. The first-order valence-corrected chi connectivity index (χ1v) is 5.75. The minimum Gasteiger partial charge on any atom is -0.453 e. The number of rotatable bonds is 2. The number of hydrogen-bond donors (Lipinski definition) is 1. The molecule has 4 nitrogen and oxygen atoms in total. The Morgan fingerprint density at radius 2 is 2.06 bits per heavy atom. The van der Waals surface area contributed by atoms with E-state index in [0.717, 1.165) is 16.8 Å². The van der Waals surface area contributed by atoms with E-state index in [1.165, 1.54) is 0 Å². The van der Waals surface area contributed by atoms with Crippen LogP contribution in [-0.4, -0.2) is 12.2 Å². The highest BCUT2D eigenvalue weighted by Crippen LogP contribution is 2.33. The second kappa shape index (κ2) is 4.14. The van der Waals surface area contributed by atoms with Crippen LogP contribution in [0.15, 0.2) is 34.7 Å². The molecule has 1 amide bonds. The molecule has 4 heteroatoms. The Morgan fingerprint density at radius 1 is 1.17 bits per heavy atom. The first-order chi connectivity index (χ1) is 8.78. The van der Waals surface area contributed by atoms with E-state index in [-0.39, 0.29) is 5.91 Å². The van der Waals surface area contributed by atoms with Crippen LogP contribution in [0.3, 0.4) is 0 Å². The number of furan rings is 1. The van der Waals surface area contributed by atoms with Crippen LogP contribution in [0.1, 0.15) is 22.5 Å². The molecule has 0 saturated carbocycles. The molecule has 1 aromatic carbocycles. The van der Waals surface area contributed by atoms with Gasteiger partial charge < -0.3 is 9.73 Å². The van der Waals surface area contributed by atoms with Crippen molar-refractivity contribution in [2.45, 2.75) is 12.8 Å². The van der Waals surface area contributed by atoms with E-state index in [1.807, 2.05) is 18.2 Å². The van der Waals surface area contributed by atoms with Gasteiger partial charge in [-0.15, -0.1) is 0 Å². The number of carbonyl (C=O) groups excluding carboxylic acids is 2. The van der Waals surface area contributed by atoms with Crippen molar-refractivity contribution in [3.8, 4) is 11.3 Å². The fourth-order valence-corrected chi connectivity index (χ4v) is 2.22. The van der Waals surface area contributed by atoms with Gasteiger partial charge in [-0.25, -0.2) is 0 Å². The van der Waals surface area contributed by atoms with E-state index in [0.29, 0.717) is 30.6 Å². The summed E-state index contributed by atoms with van der Waals surface area (Å²) in [5, 5.41) is 2.84. The fraction of sp³-hybridized carbons (Fsp3) is 0.143. The van der Waals surface area contributed by atoms with Crippen molar-refractivity contribution in [2.75, 3.05) is 5.32 Å². The molecule has 0 spiro atoms. The lowest BCUT2D eigenvalue weighted by molar-refractivity contribution is -0.116. The first kappa shape index (κ1) is 10.8. The first-order valence-electron chi connectivity index (χ1n) is 5.75. The number of hydrogen-bond acceptors (Lipinski definition) is 3. The number of carbonyl (C=O) groups is 2. The second-order valence-electron chi connectivity index (χ2n) is 4.20. The smallest absolute Gasteiger partial charge is 0.224 e. The summed E-state index contributed by atoms with van der Waals surface area (Å²) in [4.78, 5) is 22.0. The van der Waals surface area contributed by atoms with E-state index in [1.54, 1.807) is 12.1 Å². The minimum absolute atomic E-state index is 0.0349. The van der Waals surface area contributed by atoms with Crippen molar-refractivity contribution < 1.29 is 14.0 Å². The average molecular weight is 241 g/mol. The van der Waals surface area contributed by atoms with Gasteiger partial charge in [-0.05, 0) is 30.2 Å². The third-order valence-electron chi connectivity index (χ3n) is 3.06. The van der Waals surface area contributed by atoms with Gasteiger partial charge in [0, 0.05) is 17.7 Å². The molecule has 0 saturated heterocycles. The summed E-state index contributed by atoms with van der Waals surface area (Å²) in [6, 6.07) is 9.09. The molecule has 1 aliphatic heterocycles. The van der Waals surface area contributed by atoms with Crippen LogP contribution in [-0.2, 0) is 11.2 Å². The molecule has 0 atom stereocenters. The lowest BCUT2D eigenvalue weighted by Crippen LogP contribution is -2.19. The molecule has 0 unspecified atom stereocenters. The van der Waals surface area contributed by atoms with Crippen molar-refractivity contribution in [1.29, 1.82) is 0 Å². The number of aldehydes is 1. The van der Waals surface area contributed by atoms with Crippen LogP contribution in [0.4, 0.5) is 5.69 Å². The highest BCUT2D eigenvalue weighted by atomic mass is 16.3. The normalized spacial score (nSPS) is 13.9. The van der Waals surface area contributed by atoms with E-state index < -0.39 is 0 Å². The standard InChI is InChI=1S/C14H11NO3/c16-8-9-4-6-13(18-9)11-2-1-3-12-10(11)5-7-14(17)15-12/h1-4,6,8H,5,7H2,(H,15,17). The molecule has 18 heavy (non-hydrogen) atoms. The highest BCUT2D eigenvalue weighted by molar-refractivity contribution is 5.95. The number of nitrogens with one attached hydrogen (secondary N) is 1. The van der Waals surface area contributed by atoms with Gasteiger partial charge in [-0.3, -0.25) is 9.59 Å². The van der Waals surface area contributed by atoms with Gasteiger partial charge in [0.25, 0.3) is 0 Å². The number of fused-ring (bicyclic) bond motifs is 1. The summed E-state index contributed by atoms with van der Waals surface area (Å²) in [5.74, 6) is 1.00. The molecule has 1 N–H and O–H groups in total. The van der Waals surface area contributed by atoms with Crippen LogP contribution in [0.5, 0.6) is 0 Å². The molecule has 2 heterocycles. The van der Waals surface area contributed by atoms with Gasteiger partial charge >= 0.3 is 0 Å². The van der Waals surface area contributed by atoms with Gasteiger partial charge in [0.1, 0.15) is 5.76 Å². The number of amides is 1. The minimum atomic E-state index is 0.0349.